The maximum absolute atomic E-state index is 3.53. The Morgan fingerprint density at radius 1 is 1.06 bits per heavy atom. The zero-order chi connectivity index (χ0) is 12.9. The molecule has 1 heterocycles. The van der Waals surface area contributed by atoms with Gasteiger partial charge >= 0.3 is 0 Å². The molecule has 1 atom stereocenters. The molecule has 0 aliphatic carbocycles. The van der Waals surface area contributed by atoms with E-state index in [1.165, 1.54) is 55.3 Å². The molecule has 0 spiro atoms. The second-order valence-corrected chi connectivity index (χ2v) is 5.74. The number of H-pyrrole nitrogens is 1. The van der Waals surface area contributed by atoms with Gasteiger partial charge in [-0.05, 0) is 37.8 Å². The van der Waals surface area contributed by atoms with E-state index in [0.29, 0.717) is 5.41 Å². The highest BCUT2D eigenvalue weighted by Crippen LogP contribution is 2.36. The van der Waals surface area contributed by atoms with Crippen molar-refractivity contribution in [2.45, 2.75) is 78.6 Å². The van der Waals surface area contributed by atoms with E-state index in [1.54, 1.807) is 0 Å². The van der Waals surface area contributed by atoms with Crippen molar-refractivity contribution in [1.29, 1.82) is 0 Å². The van der Waals surface area contributed by atoms with Gasteiger partial charge in [-0.1, -0.05) is 46.5 Å². The summed E-state index contributed by atoms with van der Waals surface area (Å²) in [5.41, 5.74) is 4.70. The first-order chi connectivity index (χ1) is 8.05. The van der Waals surface area contributed by atoms with E-state index in [4.69, 9.17) is 0 Å². The molecule has 1 nitrogen and oxygen atoms in total. The second-order valence-electron chi connectivity index (χ2n) is 5.74. The van der Waals surface area contributed by atoms with E-state index in [9.17, 15) is 0 Å². The molecule has 1 heteroatoms. The van der Waals surface area contributed by atoms with Crippen LogP contribution in [0.3, 0.4) is 0 Å². The summed E-state index contributed by atoms with van der Waals surface area (Å²) in [6.07, 6.45) is 10.1. The van der Waals surface area contributed by atoms with E-state index in [1.807, 2.05) is 0 Å². The van der Waals surface area contributed by atoms with Gasteiger partial charge in [-0.25, -0.2) is 0 Å². The molecule has 1 aromatic rings. The van der Waals surface area contributed by atoms with E-state index < -0.39 is 0 Å². The van der Waals surface area contributed by atoms with Crippen LogP contribution in [0.15, 0.2) is 6.20 Å². The van der Waals surface area contributed by atoms with Crippen LogP contribution in [0.5, 0.6) is 0 Å². The van der Waals surface area contributed by atoms with E-state index >= 15 is 0 Å². The Hall–Kier alpha value is -0.720. The molecule has 1 unspecified atom stereocenters. The van der Waals surface area contributed by atoms with Crippen LogP contribution in [0, 0.1) is 13.8 Å². The Balaban J connectivity index is 2.86. The highest BCUT2D eigenvalue weighted by molar-refractivity contribution is 5.33. The number of aromatic amines is 1. The Morgan fingerprint density at radius 2 is 1.76 bits per heavy atom. The van der Waals surface area contributed by atoms with Gasteiger partial charge in [0.05, 0.1) is 0 Å². The predicted molar refractivity (Wildman–Crippen MR) is 76.7 cm³/mol. The van der Waals surface area contributed by atoms with Crippen LogP contribution < -0.4 is 0 Å². The summed E-state index contributed by atoms with van der Waals surface area (Å²) in [4.78, 5) is 3.53. The topological polar surface area (TPSA) is 15.8 Å². The summed E-state index contributed by atoms with van der Waals surface area (Å²) in [6, 6.07) is 0. The Labute approximate surface area is 107 Å². The smallest absolute Gasteiger partial charge is 0.0239 e. The monoisotopic (exact) mass is 235 g/mol. The summed E-state index contributed by atoms with van der Waals surface area (Å²) in [5.74, 6) is 0. The first-order valence-corrected chi connectivity index (χ1v) is 7.20. The molecule has 1 aromatic heterocycles. The normalized spacial score (nSPS) is 14.9. The zero-order valence-corrected chi connectivity index (χ0v) is 12.3. The van der Waals surface area contributed by atoms with Crippen molar-refractivity contribution in [3.63, 3.8) is 0 Å². The molecule has 0 aliphatic heterocycles. The van der Waals surface area contributed by atoms with Crippen LogP contribution in [-0.4, -0.2) is 4.98 Å². The number of nitrogens with one attached hydrogen (secondary N) is 1. The molecule has 98 valence electrons. The molecule has 0 bridgehead atoms. The van der Waals surface area contributed by atoms with Crippen molar-refractivity contribution in [1.82, 2.24) is 4.98 Å². The van der Waals surface area contributed by atoms with Crippen LogP contribution in [-0.2, 0) is 5.41 Å². The second kappa shape index (κ2) is 6.28. The number of rotatable bonds is 7. The van der Waals surface area contributed by atoms with E-state index in [2.05, 4.69) is 45.8 Å². The van der Waals surface area contributed by atoms with E-state index in [-0.39, 0.29) is 0 Å². The van der Waals surface area contributed by atoms with Gasteiger partial charge in [-0.3, -0.25) is 0 Å². The van der Waals surface area contributed by atoms with Crippen LogP contribution in [0.4, 0.5) is 0 Å². The fraction of sp³-hybridized carbons (Fsp3) is 0.750. The van der Waals surface area contributed by atoms with Crippen molar-refractivity contribution in [2.75, 3.05) is 0 Å². The summed E-state index contributed by atoms with van der Waals surface area (Å²) < 4.78 is 0. The van der Waals surface area contributed by atoms with Gasteiger partial charge in [0.2, 0.25) is 0 Å². The van der Waals surface area contributed by atoms with Gasteiger partial charge < -0.3 is 4.98 Å². The highest BCUT2D eigenvalue weighted by atomic mass is 14.7. The fourth-order valence-electron chi connectivity index (χ4n) is 2.91. The maximum atomic E-state index is 3.53. The van der Waals surface area contributed by atoms with Crippen molar-refractivity contribution >= 4 is 0 Å². The Morgan fingerprint density at radius 3 is 2.24 bits per heavy atom. The maximum Gasteiger partial charge on any atom is 0.0239 e. The van der Waals surface area contributed by atoms with Crippen molar-refractivity contribution in [3.8, 4) is 0 Å². The number of aryl methyl sites for hydroxylation is 1. The highest BCUT2D eigenvalue weighted by Gasteiger charge is 2.28. The van der Waals surface area contributed by atoms with Gasteiger partial charge in [-0.15, -0.1) is 0 Å². The molecular formula is C16H29N. The average Bonchev–Trinajstić information content (AvgIpc) is 2.61. The first kappa shape index (κ1) is 14.3. The Kier molecular flexibility index (Phi) is 5.30. The van der Waals surface area contributed by atoms with Crippen molar-refractivity contribution in [3.05, 3.63) is 23.0 Å². The number of hydrogen-bond donors (Lipinski definition) is 1. The molecule has 17 heavy (non-hydrogen) atoms. The minimum Gasteiger partial charge on any atom is -0.364 e. The third kappa shape index (κ3) is 3.37. The molecule has 0 saturated carbocycles. The zero-order valence-electron chi connectivity index (χ0n) is 12.3. The minimum atomic E-state index is 0.349. The molecular weight excluding hydrogens is 206 g/mol. The quantitative estimate of drug-likeness (QED) is 0.620. The molecule has 0 aromatic carbocycles. The molecule has 0 amide bonds. The molecule has 0 radical (unpaired) electrons. The van der Waals surface area contributed by atoms with Gasteiger partial charge in [0.1, 0.15) is 0 Å². The lowest BCUT2D eigenvalue weighted by Crippen LogP contribution is -2.23. The molecule has 0 aliphatic rings. The number of aromatic nitrogens is 1. The Bertz CT molecular complexity index is 337. The largest absolute Gasteiger partial charge is 0.364 e. The molecule has 0 fully saturated rings. The standard InChI is InChI=1S/C16H29N/c1-6-8-9-11-16(5,10-7-2)15-14(4)13(3)12-17-15/h12,17H,6-11H2,1-5H3. The SMILES string of the molecule is CCCCCC(C)(CCC)c1[nH]cc(C)c1C. The van der Waals surface area contributed by atoms with Gasteiger partial charge in [0, 0.05) is 17.3 Å². The summed E-state index contributed by atoms with van der Waals surface area (Å²) in [5, 5.41) is 0. The van der Waals surface area contributed by atoms with Crippen LogP contribution in [0.2, 0.25) is 0 Å². The average molecular weight is 235 g/mol. The molecule has 1 N–H and O–H groups in total. The van der Waals surface area contributed by atoms with Gasteiger partial charge in [0.25, 0.3) is 0 Å². The van der Waals surface area contributed by atoms with Gasteiger partial charge in [-0.2, -0.15) is 0 Å². The van der Waals surface area contributed by atoms with Crippen LogP contribution >= 0.6 is 0 Å². The fourth-order valence-corrected chi connectivity index (χ4v) is 2.91. The number of unbranched alkanes of at least 4 members (excludes halogenated alkanes) is 2. The summed E-state index contributed by atoms with van der Waals surface area (Å²) in [6.45, 7) is 11.5. The summed E-state index contributed by atoms with van der Waals surface area (Å²) in [7, 11) is 0. The molecule has 0 saturated heterocycles. The van der Waals surface area contributed by atoms with Crippen LogP contribution in [0.1, 0.15) is 76.1 Å². The summed E-state index contributed by atoms with van der Waals surface area (Å²) >= 11 is 0. The molecule has 1 rings (SSSR count). The lowest BCUT2D eigenvalue weighted by atomic mass is 9.76. The lowest BCUT2D eigenvalue weighted by Gasteiger charge is -2.30. The van der Waals surface area contributed by atoms with Crippen LogP contribution in [0.25, 0.3) is 0 Å². The third-order valence-electron chi connectivity index (χ3n) is 4.14. The predicted octanol–water partition coefficient (Wildman–Crippen LogP) is 5.27. The lowest BCUT2D eigenvalue weighted by molar-refractivity contribution is 0.369. The van der Waals surface area contributed by atoms with E-state index in [0.717, 1.165) is 0 Å². The third-order valence-corrected chi connectivity index (χ3v) is 4.14. The number of hydrogen-bond acceptors (Lipinski definition) is 0. The van der Waals surface area contributed by atoms with Crippen molar-refractivity contribution < 1.29 is 0 Å². The van der Waals surface area contributed by atoms with Gasteiger partial charge in [0.15, 0.2) is 0 Å². The van der Waals surface area contributed by atoms with Crippen molar-refractivity contribution in [2.24, 2.45) is 0 Å². The minimum absolute atomic E-state index is 0.349. The first-order valence-electron chi connectivity index (χ1n) is 7.20.